The van der Waals surface area contributed by atoms with Crippen LogP contribution in [0.15, 0.2) is 24.3 Å². The van der Waals surface area contributed by atoms with E-state index in [1.807, 2.05) is 23.7 Å². The van der Waals surface area contributed by atoms with Gasteiger partial charge >= 0.3 is 0 Å². The van der Waals surface area contributed by atoms with Gasteiger partial charge in [0, 0.05) is 12.5 Å². The monoisotopic (exact) mass is 311 g/mol. The number of aromatic nitrogens is 2. The van der Waals surface area contributed by atoms with Crippen LogP contribution in [-0.2, 0) is 0 Å². The van der Waals surface area contributed by atoms with Crippen LogP contribution in [-0.4, -0.2) is 22.2 Å². The van der Waals surface area contributed by atoms with E-state index in [2.05, 4.69) is 38.2 Å². The lowest BCUT2D eigenvalue weighted by Crippen LogP contribution is -2.28. The Morgan fingerprint density at radius 3 is 2.70 bits per heavy atom. The van der Waals surface area contributed by atoms with Gasteiger partial charge in [-0.3, -0.25) is 4.79 Å². The number of hydrogen-bond donors (Lipinski definition) is 1. The summed E-state index contributed by atoms with van der Waals surface area (Å²) in [6.45, 7) is 8.96. The minimum Gasteiger partial charge on any atom is -0.352 e. The highest BCUT2D eigenvalue weighted by Gasteiger charge is 2.33. The maximum absolute atomic E-state index is 12.7. The third-order valence-corrected chi connectivity index (χ3v) is 4.25. The van der Waals surface area contributed by atoms with E-state index < -0.39 is 0 Å². The lowest BCUT2D eigenvalue weighted by atomic mass is 10.1. The molecule has 4 nitrogen and oxygen atoms in total. The van der Waals surface area contributed by atoms with Crippen molar-refractivity contribution in [3.05, 3.63) is 46.8 Å². The molecule has 122 valence electrons. The van der Waals surface area contributed by atoms with Crippen LogP contribution in [0.1, 0.15) is 59.9 Å². The van der Waals surface area contributed by atoms with Crippen LogP contribution in [0.25, 0.3) is 5.69 Å². The van der Waals surface area contributed by atoms with E-state index in [9.17, 15) is 4.79 Å². The minimum absolute atomic E-state index is 0.0111. The van der Waals surface area contributed by atoms with Crippen LogP contribution in [0.5, 0.6) is 0 Å². The van der Waals surface area contributed by atoms with Crippen LogP contribution in [0.4, 0.5) is 0 Å². The van der Waals surface area contributed by atoms with Crippen molar-refractivity contribution in [1.82, 2.24) is 15.1 Å². The van der Waals surface area contributed by atoms with Crippen LogP contribution < -0.4 is 5.32 Å². The van der Waals surface area contributed by atoms with Crippen LogP contribution in [0, 0.1) is 19.8 Å². The highest BCUT2D eigenvalue weighted by molar-refractivity contribution is 5.97. The molecular weight excluding hydrogens is 286 g/mol. The molecule has 0 radical (unpaired) electrons. The van der Waals surface area contributed by atoms with Gasteiger partial charge in [0.05, 0.1) is 22.6 Å². The Kier molecular flexibility index (Phi) is 4.24. The first-order valence-electron chi connectivity index (χ1n) is 8.42. The average Bonchev–Trinajstić information content (AvgIpc) is 3.28. The molecule has 1 aromatic carbocycles. The third-order valence-electron chi connectivity index (χ3n) is 4.25. The summed E-state index contributed by atoms with van der Waals surface area (Å²) < 4.78 is 1.92. The molecule has 23 heavy (non-hydrogen) atoms. The largest absolute Gasteiger partial charge is 0.352 e. The quantitative estimate of drug-likeness (QED) is 0.914. The van der Waals surface area contributed by atoms with Gasteiger partial charge in [-0.05, 0) is 50.3 Å². The summed E-state index contributed by atoms with van der Waals surface area (Å²) in [6.07, 6.45) is 2.27. The Bertz CT molecular complexity index is 726. The first kappa shape index (κ1) is 15.8. The maximum Gasteiger partial charge on any atom is 0.255 e. The van der Waals surface area contributed by atoms with Crippen molar-refractivity contribution in [2.45, 2.75) is 46.5 Å². The summed E-state index contributed by atoms with van der Waals surface area (Å²) in [7, 11) is 0. The van der Waals surface area contributed by atoms with E-state index in [-0.39, 0.29) is 5.91 Å². The summed E-state index contributed by atoms with van der Waals surface area (Å²) in [6, 6.07) is 8.24. The van der Waals surface area contributed by atoms with E-state index in [4.69, 9.17) is 5.10 Å². The summed E-state index contributed by atoms with van der Waals surface area (Å²) in [5.74, 6) is 0.895. The maximum atomic E-state index is 12.7. The van der Waals surface area contributed by atoms with Crippen LogP contribution in [0.3, 0.4) is 0 Å². The molecule has 0 saturated heterocycles. The Balaban J connectivity index is 2.00. The van der Waals surface area contributed by atoms with E-state index in [1.165, 1.54) is 5.56 Å². The number of nitrogens with zero attached hydrogens (tertiary/aromatic N) is 2. The van der Waals surface area contributed by atoms with Gasteiger partial charge in [-0.1, -0.05) is 26.0 Å². The van der Waals surface area contributed by atoms with Crippen LogP contribution >= 0.6 is 0 Å². The van der Waals surface area contributed by atoms with E-state index >= 15 is 0 Å². The molecule has 3 rings (SSSR count). The molecule has 0 aliphatic heterocycles. The van der Waals surface area contributed by atoms with Crippen molar-refractivity contribution < 1.29 is 4.79 Å². The molecule has 2 aromatic rings. The average molecular weight is 311 g/mol. The molecule has 1 N–H and O–H groups in total. The molecule has 1 aliphatic carbocycles. The van der Waals surface area contributed by atoms with Gasteiger partial charge in [0.1, 0.15) is 0 Å². The second kappa shape index (κ2) is 6.19. The molecule has 0 spiro atoms. The Hall–Kier alpha value is -2.10. The fourth-order valence-corrected chi connectivity index (χ4v) is 2.84. The van der Waals surface area contributed by atoms with Crippen molar-refractivity contribution in [3.63, 3.8) is 0 Å². The smallest absolute Gasteiger partial charge is 0.255 e. The van der Waals surface area contributed by atoms with Gasteiger partial charge in [-0.2, -0.15) is 5.10 Å². The summed E-state index contributed by atoms with van der Waals surface area (Å²) >= 11 is 0. The molecule has 1 aromatic heterocycles. The molecule has 1 saturated carbocycles. The lowest BCUT2D eigenvalue weighted by Gasteiger charge is -2.09. The van der Waals surface area contributed by atoms with Crippen molar-refractivity contribution in [2.75, 3.05) is 6.54 Å². The number of hydrogen-bond acceptors (Lipinski definition) is 2. The van der Waals surface area contributed by atoms with Gasteiger partial charge in [-0.15, -0.1) is 0 Å². The molecule has 1 heterocycles. The molecule has 1 aliphatic rings. The van der Waals surface area contributed by atoms with Gasteiger partial charge < -0.3 is 5.32 Å². The van der Waals surface area contributed by atoms with E-state index in [1.54, 1.807) is 0 Å². The molecule has 0 bridgehead atoms. The predicted molar refractivity (Wildman–Crippen MR) is 92.2 cm³/mol. The summed E-state index contributed by atoms with van der Waals surface area (Å²) in [5.41, 5.74) is 4.88. The van der Waals surface area contributed by atoms with E-state index in [0.717, 1.165) is 35.5 Å². The van der Waals surface area contributed by atoms with E-state index in [0.29, 0.717) is 18.4 Å². The molecule has 0 atom stereocenters. The standard InChI is InChI=1S/C19H25N3O/c1-12(2)11-20-19(23)17-14(4)22(21-18(17)15-8-9-15)16-7-5-6-13(3)10-16/h5-7,10,12,15H,8-9,11H2,1-4H3,(H,20,23). The Morgan fingerprint density at radius 1 is 1.35 bits per heavy atom. The molecule has 0 unspecified atom stereocenters. The fraction of sp³-hybridized carbons (Fsp3) is 0.474. The molecular formula is C19H25N3O. The number of benzene rings is 1. The van der Waals surface area contributed by atoms with Crippen molar-refractivity contribution in [3.8, 4) is 5.69 Å². The topological polar surface area (TPSA) is 46.9 Å². The SMILES string of the molecule is Cc1cccc(-n2nc(C3CC3)c(C(=O)NCC(C)C)c2C)c1. The zero-order valence-electron chi connectivity index (χ0n) is 14.4. The lowest BCUT2D eigenvalue weighted by molar-refractivity contribution is 0.0947. The second-order valence-electron chi connectivity index (χ2n) is 6.97. The molecule has 1 fully saturated rings. The Morgan fingerprint density at radius 2 is 2.09 bits per heavy atom. The fourth-order valence-electron chi connectivity index (χ4n) is 2.84. The number of nitrogens with one attached hydrogen (secondary N) is 1. The number of carbonyl (C=O) groups excluding carboxylic acids is 1. The first-order chi connectivity index (χ1) is 11.0. The van der Waals surface area contributed by atoms with Crippen molar-refractivity contribution >= 4 is 5.91 Å². The molecule has 1 amide bonds. The second-order valence-corrected chi connectivity index (χ2v) is 6.97. The van der Waals surface area contributed by atoms with Crippen molar-refractivity contribution in [1.29, 1.82) is 0 Å². The minimum atomic E-state index is 0.0111. The summed E-state index contributed by atoms with van der Waals surface area (Å²) in [4.78, 5) is 12.7. The third kappa shape index (κ3) is 3.31. The predicted octanol–water partition coefficient (Wildman–Crippen LogP) is 3.75. The first-order valence-corrected chi connectivity index (χ1v) is 8.42. The highest BCUT2D eigenvalue weighted by atomic mass is 16.1. The zero-order chi connectivity index (χ0) is 16.6. The van der Waals surface area contributed by atoms with Gasteiger partial charge in [0.15, 0.2) is 0 Å². The number of amides is 1. The number of rotatable bonds is 5. The number of aryl methyl sites for hydroxylation is 1. The normalized spacial score (nSPS) is 14.3. The number of carbonyl (C=O) groups is 1. The van der Waals surface area contributed by atoms with Gasteiger partial charge in [0.25, 0.3) is 5.91 Å². The molecule has 4 heteroatoms. The highest BCUT2D eigenvalue weighted by Crippen LogP contribution is 2.42. The zero-order valence-corrected chi connectivity index (χ0v) is 14.4. The van der Waals surface area contributed by atoms with Gasteiger partial charge in [0.2, 0.25) is 0 Å². The Labute approximate surface area is 137 Å². The van der Waals surface area contributed by atoms with Crippen molar-refractivity contribution in [2.24, 2.45) is 5.92 Å². The summed E-state index contributed by atoms with van der Waals surface area (Å²) in [5, 5.41) is 7.83. The van der Waals surface area contributed by atoms with Crippen LogP contribution in [0.2, 0.25) is 0 Å². The van der Waals surface area contributed by atoms with Gasteiger partial charge in [-0.25, -0.2) is 4.68 Å².